The summed E-state index contributed by atoms with van der Waals surface area (Å²) in [4.78, 5) is 25.0. The number of nitrogens with one attached hydrogen (secondary N) is 2. The van der Waals surface area contributed by atoms with E-state index >= 15 is 0 Å². The van der Waals surface area contributed by atoms with Crippen LogP contribution in [0.15, 0.2) is 9.32 Å². The van der Waals surface area contributed by atoms with Gasteiger partial charge in [0.05, 0.1) is 5.41 Å². The highest BCUT2D eigenvalue weighted by atomic mass is 16.5. The Hall–Kier alpha value is -1.59. The SMILES string of the molecule is C[C@@H]1C[C@]2(C(=O)NCCc3noc(=O)[nH]3)C[C@H]12. The molecular formula is C11H15N3O3. The van der Waals surface area contributed by atoms with E-state index in [-0.39, 0.29) is 11.3 Å². The molecule has 0 radical (unpaired) electrons. The third-order valence-corrected chi connectivity index (χ3v) is 4.09. The number of aromatic nitrogens is 2. The first-order chi connectivity index (χ1) is 8.12. The maximum atomic E-state index is 11.9. The fraction of sp³-hybridized carbons (Fsp3) is 0.727. The predicted octanol–water partition coefficient (Wildman–Crippen LogP) is 0.0677. The second-order valence-corrected chi connectivity index (χ2v) is 5.20. The van der Waals surface area contributed by atoms with Crippen molar-refractivity contribution >= 4 is 5.91 Å². The molecule has 1 heterocycles. The van der Waals surface area contributed by atoms with E-state index in [2.05, 4.69) is 26.9 Å². The third kappa shape index (κ3) is 1.59. The minimum absolute atomic E-state index is 0.0450. The van der Waals surface area contributed by atoms with Crippen LogP contribution in [0.25, 0.3) is 0 Å². The Morgan fingerprint density at radius 1 is 1.65 bits per heavy atom. The fourth-order valence-electron chi connectivity index (χ4n) is 3.06. The Morgan fingerprint density at radius 2 is 2.47 bits per heavy atom. The normalized spacial score (nSPS) is 33.7. The van der Waals surface area contributed by atoms with Crippen LogP contribution in [0.1, 0.15) is 25.6 Å². The molecule has 2 N–H and O–H groups in total. The van der Waals surface area contributed by atoms with Crippen molar-refractivity contribution in [3.8, 4) is 0 Å². The number of rotatable bonds is 4. The summed E-state index contributed by atoms with van der Waals surface area (Å²) < 4.78 is 4.37. The summed E-state index contributed by atoms with van der Waals surface area (Å²) in [5.74, 6) is 1.38. The first-order valence-electron chi connectivity index (χ1n) is 5.95. The molecule has 2 saturated carbocycles. The van der Waals surface area contributed by atoms with Gasteiger partial charge in [0.2, 0.25) is 5.91 Å². The number of carbonyl (C=O) groups excluding carboxylic acids is 1. The maximum Gasteiger partial charge on any atom is 0.438 e. The van der Waals surface area contributed by atoms with Gasteiger partial charge in [-0.25, -0.2) is 4.79 Å². The second kappa shape index (κ2) is 3.45. The van der Waals surface area contributed by atoms with Crippen LogP contribution in [0.2, 0.25) is 0 Å². The zero-order valence-electron chi connectivity index (χ0n) is 9.66. The average Bonchev–Trinajstić information content (AvgIpc) is 2.72. The zero-order valence-corrected chi connectivity index (χ0v) is 9.66. The molecule has 6 nitrogen and oxygen atoms in total. The lowest BCUT2D eigenvalue weighted by Gasteiger charge is -2.30. The molecule has 0 aliphatic heterocycles. The number of hydrogen-bond donors (Lipinski definition) is 2. The van der Waals surface area contributed by atoms with Crippen LogP contribution in [0, 0.1) is 17.3 Å². The number of fused-ring (bicyclic) bond motifs is 1. The largest absolute Gasteiger partial charge is 0.438 e. The standard InChI is InChI=1S/C11H15N3O3/c1-6-4-11(5-7(6)11)9(15)12-3-2-8-13-10(16)17-14-8/h6-7H,2-5H2,1H3,(H,12,15)(H,13,14,16)/t6-,7-,11+/m1/s1. The van der Waals surface area contributed by atoms with Crippen molar-refractivity contribution < 1.29 is 9.32 Å². The summed E-state index contributed by atoms with van der Waals surface area (Å²) in [5, 5.41) is 6.44. The summed E-state index contributed by atoms with van der Waals surface area (Å²) in [6.45, 7) is 2.69. The molecule has 92 valence electrons. The minimum atomic E-state index is -0.556. The minimum Gasteiger partial charge on any atom is -0.355 e. The molecule has 0 aromatic carbocycles. The highest BCUT2D eigenvalue weighted by molar-refractivity contribution is 5.87. The van der Waals surface area contributed by atoms with Crippen molar-refractivity contribution in [3.63, 3.8) is 0 Å². The topological polar surface area (TPSA) is 88.0 Å². The van der Waals surface area contributed by atoms with E-state index in [1.165, 1.54) is 0 Å². The van der Waals surface area contributed by atoms with Gasteiger partial charge in [-0.15, -0.1) is 0 Å². The van der Waals surface area contributed by atoms with Crippen LogP contribution in [0.5, 0.6) is 0 Å². The van der Waals surface area contributed by atoms with Gasteiger partial charge in [-0.05, 0) is 24.7 Å². The Bertz CT molecular complexity index is 506. The lowest BCUT2D eigenvalue weighted by atomic mass is 9.75. The van der Waals surface area contributed by atoms with Gasteiger partial charge in [0.25, 0.3) is 0 Å². The first-order valence-corrected chi connectivity index (χ1v) is 5.95. The Balaban J connectivity index is 1.46. The van der Waals surface area contributed by atoms with E-state index in [1.807, 2.05) is 0 Å². The molecule has 2 aliphatic rings. The molecule has 1 aromatic rings. The van der Waals surface area contributed by atoms with Crippen molar-refractivity contribution in [1.29, 1.82) is 0 Å². The van der Waals surface area contributed by atoms with E-state index in [9.17, 15) is 9.59 Å². The van der Waals surface area contributed by atoms with Crippen LogP contribution in [0.3, 0.4) is 0 Å². The van der Waals surface area contributed by atoms with Crippen molar-refractivity contribution in [2.24, 2.45) is 17.3 Å². The van der Waals surface area contributed by atoms with Crippen LogP contribution in [0.4, 0.5) is 0 Å². The summed E-state index contributed by atoms with van der Waals surface area (Å²) in [6, 6.07) is 0. The van der Waals surface area contributed by atoms with Crippen molar-refractivity contribution in [3.05, 3.63) is 16.4 Å². The number of carbonyl (C=O) groups is 1. The van der Waals surface area contributed by atoms with Crippen LogP contribution in [-0.2, 0) is 11.2 Å². The smallest absolute Gasteiger partial charge is 0.355 e. The van der Waals surface area contributed by atoms with E-state index in [4.69, 9.17) is 0 Å². The van der Waals surface area contributed by atoms with Gasteiger partial charge in [0.1, 0.15) is 0 Å². The van der Waals surface area contributed by atoms with Crippen molar-refractivity contribution in [2.75, 3.05) is 6.54 Å². The van der Waals surface area contributed by atoms with Crippen LogP contribution >= 0.6 is 0 Å². The lowest BCUT2D eigenvalue weighted by Crippen LogP contribution is -2.41. The zero-order chi connectivity index (χ0) is 12.0. The van der Waals surface area contributed by atoms with E-state index in [1.54, 1.807) is 0 Å². The first kappa shape index (κ1) is 10.6. The van der Waals surface area contributed by atoms with Gasteiger partial charge >= 0.3 is 5.76 Å². The molecule has 0 bridgehead atoms. The summed E-state index contributed by atoms with van der Waals surface area (Å²) in [7, 11) is 0. The molecule has 6 heteroatoms. The van der Waals surface area contributed by atoms with Gasteiger partial charge in [-0.2, -0.15) is 0 Å². The van der Waals surface area contributed by atoms with Gasteiger partial charge in [-0.3, -0.25) is 14.3 Å². The van der Waals surface area contributed by atoms with Gasteiger partial charge < -0.3 is 5.32 Å². The van der Waals surface area contributed by atoms with Gasteiger partial charge in [0, 0.05) is 13.0 Å². The molecule has 0 unspecified atom stereocenters. The number of aromatic amines is 1. The van der Waals surface area contributed by atoms with Crippen LogP contribution < -0.4 is 11.1 Å². The highest BCUT2D eigenvalue weighted by Crippen LogP contribution is 2.70. The molecule has 1 amide bonds. The molecule has 2 aliphatic carbocycles. The number of H-pyrrole nitrogens is 1. The Labute approximate surface area is 97.8 Å². The third-order valence-electron chi connectivity index (χ3n) is 4.09. The highest BCUT2D eigenvalue weighted by Gasteiger charge is 2.69. The average molecular weight is 237 g/mol. The maximum absolute atomic E-state index is 11.9. The Morgan fingerprint density at radius 3 is 3.00 bits per heavy atom. The summed E-state index contributed by atoms with van der Waals surface area (Å²) >= 11 is 0. The molecule has 3 atom stereocenters. The van der Waals surface area contributed by atoms with Crippen molar-refractivity contribution in [1.82, 2.24) is 15.5 Å². The summed E-state index contributed by atoms with van der Waals surface area (Å²) in [5.41, 5.74) is -0.0450. The van der Waals surface area contributed by atoms with Crippen LogP contribution in [-0.4, -0.2) is 22.6 Å². The molecule has 17 heavy (non-hydrogen) atoms. The van der Waals surface area contributed by atoms with E-state index in [0.29, 0.717) is 30.6 Å². The number of nitrogens with zero attached hydrogens (tertiary/aromatic N) is 1. The fourth-order valence-corrected chi connectivity index (χ4v) is 3.06. The van der Waals surface area contributed by atoms with Gasteiger partial charge in [-0.1, -0.05) is 12.1 Å². The van der Waals surface area contributed by atoms with E-state index < -0.39 is 5.76 Å². The molecule has 0 saturated heterocycles. The molecule has 1 aromatic heterocycles. The predicted molar refractivity (Wildman–Crippen MR) is 58.2 cm³/mol. The Kier molecular flexibility index (Phi) is 2.14. The number of amides is 1. The van der Waals surface area contributed by atoms with E-state index in [0.717, 1.165) is 12.8 Å². The molecule has 2 fully saturated rings. The van der Waals surface area contributed by atoms with Crippen molar-refractivity contribution in [2.45, 2.75) is 26.2 Å². The quantitative estimate of drug-likeness (QED) is 0.775. The molecular weight excluding hydrogens is 222 g/mol. The second-order valence-electron chi connectivity index (χ2n) is 5.20. The van der Waals surface area contributed by atoms with Gasteiger partial charge in [0.15, 0.2) is 5.82 Å². The monoisotopic (exact) mass is 237 g/mol. The molecule has 3 rings (SSSR count). The number of hydrogen-bond acceptors (Lipinski definition) is 4. The summed E-state index contributed by atoms with van der Waals surface area (Å²) in [6.07, 6.45) is 2.55. The lowest BCUT2D eigenvalue weighted by molar-refractivity contribution is -0.130. The molecule has 0 spiro atoms.